The molecule has 2 rings (SSSR count). The quantitative estimate of drug-likeness (QED) is 0.0515. The summed E-state index contributed by atoms with van der Waals surface area (Å²) < 4.78 is 0. The van der Waals surface area contributed by atoms with Gasteiger partial charge in [0.25, 0.3) is 0 Å². The number of nitrogens with two attached hydrogens (primary N) is 1. The second-order valence-corrected chi connectivity index (χ2v) is 14.4. The smallest absolute Gasteiger partial charge is 0.322 e. The maximum Gasteiger partial charge on any atom is 0.322 e. The summed E-state index contributed by atoms with van der Waals surface area (Å²) in [7, 11) is 0. The Labute approximate surface area is 328 Å². The van der Waals surface area contributed by atoms with Crippen LogP contribution in [0, 0.1) is 11.8 Å². The van der Waals surface area contributed by atoms with Gasteiger partial charge in [0, 0.05) is 13.1 Å². The number of carboxylic acids is 2. The van der Waals surface area contributed by atoms with E-state index in [1.165, 1.54) is 4.90 Å². The molecule has 2 heterocycles. The van der Waals surface area contributed by atoms with Crippen molar-refractivity contribution in [1.82, 2.24) is 41.7 Å². The normalized spacial score (nSPS) is 19.1. The molecule has 12 N–H and O–H groups in total. The van der Waals surface area contributed by atoms with Crippen LogP contribution in [0.2, 0.25) is 0 Å². The standard InChI is InChI=1S/C34H55N9O14/c1-16(2)26(35)32(55)36-12-23(46)42-9-5-7-21(42)31(54)41-27(17(3)4)33(56)38-18(11-24(47)48)34(57)43-10-6-8-22(43)30(53)40-20(15-45)29(52)39-19(14-44)28(51)37-13-25(49)50/h16-22,26-27,44-45H,5-15,35H2,1-4H3,(H,36,55)(H,37,51)(H,38,56)(H,39,52)(H,40,53)(H,41,54)(H,47,48)(H,49,50)/t18-,19-,20-,21-,22-,26-,27-/m0/s1. The summed E-state index contributed by atoms with van der Waals surface area (Å²) in [5, 5.41) is 51.4. The number of hydrogen-bond acceptors (Lipinski definition) is 13. The summed E-state index contributed by atoms with van der Waals surface area (Å²) in [5.74, 6) is -10.5. The molecule has 7 atom stereocenters. The summed E-state index contributed by atoms with van der Waals surface area (Å²) in [4.78, 5) is 129. The average molecular weight is 814 g/mol. The first-order chi connectivity index (χ1) is 26.7. The van der Waals surface area contributed by atoms with E-state index in [4.69, 9.17) is 10.8 Å². The molecule has 2 fully saturated rings. The van der Waals surface area contributed by atoms with Crippen LogP contribution in [0.15, 0.2) is 0 Å². The molecule has 0 aromatic rings. The first kappa shape index (κ1) is 47.7. The Balaban J connectivity index is 2.14. The van der Waals surface area contributed by atoms with Crippen molar-refractivity contribution in [2.24, 2.45) is 17.6 Å². The third kappa shape index (κ3) is 13.9. The zero-order valence-corrected chi connectivity index (χ0v) is 32.3. The average Bonchev–Trinajstić information content (AvgIpc) is 3.85. The van der Waals surface area contributed by atoms with E-state index >= 15 is 0 Å². The van der Waals surface area contributed by atoms with Gasteiger partial charge in [0.1, 0.15) is 42.8 Å². The number of aliphatic hydroxyl groups excluding tert-OH is 2. The van der Waals surface area contributed by atoms with Crippen LogP contribution in [0.3, 0.4) is 0 Å². The maximum atomic E-state index is 13.8. The molecule has 0 aliphatic carbocycles. The number of nitrogens with zero attached hydrogens (tertiary/aromatic N) is 2. The number of aliphatic hydroxyl groups is 2. The predicted molar refractivity (Wildman–Crippen MR) is 195 cm³/mol. The lowest BCUT2D eigenvalue weighted by molar-refractivity contribution is -0.146. The molecule has 0 aromatic heterocycles. The van der Waals surface area contributed by atoms with Gasteiger partial charge in [0.05, 0.1) is 32.2 Å². The molecule has 0 radical (unpaired) electrons. The van der Waals surface area contributed by atoms with Gasteiger partial charge in [-0.05, 0) is 37.5 Å². The molecule has 0 aromatic carbocycles. The van der Waals surface area contributed by atoms with Crippen LogP contribution in [0.25, 0.3) is 0 Å². The van der Waals surface area contributed by atoms with Crippen molar-refractivity contribution < 1.29 is 68.4 Å². The molecule has 0 bridgehead atoms. The first-order valence-electron chi connectivity index (χ1n) is 18.5. The van der Waals surface area contributed by atoms with Gasteiger partial charge in [-0.3, -0.25) is 47.9 Å². The van der Waals surface area contributed by atoms with E-state index in [1.54, 1.807) is 27.7 Å². The fraction of sp³-hybridized carbons (Fsp3) is 0.706. The molecule has 2 aliphatic heterocycles. The number of carbonyl (C=O) groups excluding carboxylic acids is 8. The fourth-order valence-electron chi connectivity index (χ4n) is 6.16. The summed E-state index contributed by atoms with van der Waals surface area (Å²) >= 11 is 0. The van der Waals surface area contributed by atoms with Crippen LogP contribution in [-0.2, 0) is 47.9 Å². The van der Waals surface area contributed by atoms with Gasteiger partial charge >= 0.3 is 11.9 Å². The number of rotatable bonds is 21. The van der Waals surface area contributed by atoms with Gasteiger partial charge in [-0.25, -0.2) is 0 Å². The van der Waals surface area contributed by atoms with Gasteiger partial charge in [-0.1, -0.05) is 27.7 Å². The summed E-state index contributed by atoms with van der Waals surface area (Å²) in [6, 6.07) is -9.49. The number of likely N-dealkylation sites (tertiary alicyclic amines) is 2. The third-order valence-electron chi connectivity index (χ3n) is 9.43. The Hall–Kier alpha value is -5.42. The van der Waals surface area contributed by atoms with E-state index < -0.39 is 140 Å². The summed E-state index contributed by atoms with van der Waals surface area (Å²) in [6.45, 7) is 3.64. The summed E-state index contributed by atoms with van der Waals surface area (Å²) in [5.41, 5.74) is 5.83. The molecule has 0 unspecified atom stereocenters. The molecule has 23 heteroatoms. The van der Waals surface area contributed by atoms with E-state index in [-0.39, 0.29) is 38.3 Å². The van der Waals surface area contributed by atoms with Gasteiger partial charge in [0.15, 0.2) is 0 Å². The second kappa shape index (κ2) is 22.4. The van der Waals surface area contributed by atoms with Gasteiger partial charge < -0.3 is 67.9 Å². The lowest BCUT2D eigenvalue weighted by atomic mass is 10.0. The topological polar surface area (TPSA) is 356 Å². The highest BCUT2D eigenvalue weighted by atomic mass is 16.4. The van der Waals surface area contributed by atoms with Crippen molar-refractivity contribution in [3.05, 3.63) is 0 Å². The monoisotopic (exact) mass is 813 g/mol. The largest absolute Gasteiger partial charge is 0.481 e. The van der Waals surface area contributed by atoms with Crippen molar-refractivity contribution in [2.45, 2.75) is 102 Å². The van der Waals surface area contributed by atoms with Crippen molar-refractivity contribution >= 4 is 59.2 Å². The van der Waals surface area contributed by atoms with Crippen molar-refractivity contribution in [1.29, 1.82) is 0 Å². The summed E-state index contributed by atoms with van der Waals surface area (Å²) in [6.07, 6.45) is 0.0847. The Bertz CT molecular complexity index is 1530. The highest BCUT2D eigenvalue weighted by molar-refractivity contribution is 5.99. The molecule has 0 saturated carbocycles. The molecule has 2 saturated heterocycles. The predicted octanol–water partition coefficient (Wildman–Crippen LogP) is -5.68. The molecule has 57 heavy (non-hydrogen) atoms. The molecular weight excluding hydrogens is 758 g/mol. The number of amides is 8. The van der Waals surface area contributed by atoms with Gasteiger partial charge in [-0.2, -0.15) is 0 Å². The molecular formula is C34H55N9O14. The Morgan fingerprint density at radius 2 is 1.12 bits per heavy atom. The minimum atomic E-state index is -1.72. The minimum Gasteiger partial charge on any atom is -0.481 e. The maximum absolute atomic E-state index is 13.8. The number of carboxylic acid groups (broad SMARTS) is 2. The lowest BCUT2D eigenvalue weighted by Gasteiger charge is -2.31. The van der Waals surface area contributed by atoms with E-state index in [0.29, 0.717) is 6.42 Å². The highest BCUT2D eigenvalue weighted by Crippen LogP contribution is 2.21. The van der Waals surface area contributed by atoms with Gasteiger partial charge in [0.2, 0.25) is 47.3 Å². The zero-order valence-electron chi connectivity index (χ0n) is 32.3. The molecule has 2 aliphatic rings. The number of hydrogen-bond donors (Lipinski definition) is 11. The van der Waals surface area contributed by atoms with E-state index in [9.17, 15) is 63.3 Å². The van der Waals surface area contributed by atoms with Crippen molar-refractivity contribution in [2.75, 3.05) is 39.4 Å². The molecule has 23 nitrogen and oxygen atoms in total. The molecule has 8 amide bonds. The van der Waals surface area contributed by atoms with Gasteiger partial charge in [-0.15, -0.1) is 0 Å². The van der Waals surface area contributed by atoms with E-state index in [2.05, 4.69) is 26.6 Å². The van der Waals surface area contributed by atoms with Crippen LogP contribution in [-0.4, -0.2) is 171 Å². The van der Waals surface area contributed by atoms with Crippen molar-refractivity contribution in [3.63, 3.8) is 0 Å². The lowest BCUT2D eigenvalue weighted by Crippen LogP contribution is -2.61. The van der Waals surface area contributed by atoms with Crippen molar-refractivity contribution in [3.8, 4) is 0 Å². The molecule has 320 valence electrons. The van der Waals surface area contributed by atoms with Crippen LogP contribution in [0.1, 0.15) is 59.8 Å². The third-order valence-corrected chi connectivity index (χ3v) is 9.43. The first-order valence-corrected chi connectivity index (χ1v) is 18.5. The number of carbonyl (C=O) groups is 10. The Kier molecular flexibility index (Phi) is 18.7. The number of aliphatic carboxylic acids is 2. The van der Waals surface area contributed by atoms with Crippen LogP contribution in [0.4, 0.5) is 0 Å². The van der Waals surface area contributed by atoms with Crippen LogP contribution in [0.5, 0.6) is 0 Å². The number of nitrogens with one attached hydrogen (secondary N) is 6. The minimum absolute atomic E-state index is 0.0391. The van der Waals surface area contributed by atoms with E-state index in [1.807, 2.05) is 5.32 Å². The SMILES string of the molecule is CC(C)[C@H](N)C(=O)NCC(=O)N1CCC[C@H]1C(=O)N[C@H](C(=O)N[C@@H](CC(=O)O)C(=O)N1CCC[C@H]1C(=O)N[C@@H](CO)C(=O)N[C@@H](CO)C(=O)NCC(=O)O)C(C)C. The fourth-order valence-corrected chi connectivity index (χ4v) is 6.16. The highest BCUT2D eigenvalue weighted by Gasteiger charge is 2.42. The Morgan fingerprint density at radius 1 is 0.614 bits per heavy atom. The second-order valence-electron chi connectivity index (χ2n) is 14.4. The Morgan fingerprint density at radius 3 is 1.65 bits per heavy atom. The zero-order chi connectivity index (χ0) is 43.1. The van der Waals surface area contributed by atoms with E-state index in [0.717, 1.165) is 4.90 Å². The van der Waals surface area contributed by atoms with Crippen LogP contribution >= 0.6 is 0 Å². The van der Waals surface area contributed by atoms with Crippen LogP contribution < -0.4 is 37.6 Å². The molecule has 0 spiro atoms.